The van der Waals surface area contributed by atoms with Gasteiger partial charge >= 0.3 is 5.97 Å². The third-order valence-electron chi connectivity index (χ3n) is 4.59. The van der Waals surface area contributed by atoms with Crippen LogP contribution in [-0.2, 0) is 15.6 Å². The summed E-state index contributed by atoms with van der Waals surface area (Å²) < 4.78 is 0. The molecule has 0 spiro atoms. The molecule has 4 nitrogen and oxygen atoms in total. The molecule has 1 aliphatic rings. The number of phenolic OH excluding ortho intramolecular Hbond substituents is 2. The summed E-state index contributed by atoms with van der Waals surface area (Å²) in [5, 5.41) is 30.0. The maximum Gasteiger partial charge on any atom is 0.314 e. The van der Waals surface area contributed by atoms with E-state index in [-0.39, 0.29) is 16.9 Å². The van der Waals surface area contributed by atoms with Gasteiger partial charge in [0, 0.05) is 5.56 Å². The van der Waals surface area contributed by atoms with Gasteiger partial charge in [0.15, 0.2) is 11.5 Å². The molecule has 1 aliphatic carbocycles. The molecule has 4 heteroatoms. The largest absolute Gasteiger partial charge is 0.504 e. The molecule has 0 amide bonds. The molecule has 1 fully saturated rings. The Labute approximate surface area is 125 Å². The summed E-state index contributed by atoms with van der Waals surface area (Å²) in [5.74, 6) is -1.43. The van der Waals surface area contributed by atoms with E-state index in [0.29, 0.717) is 18.4 Å². The lowest BCUT2D eigenvalue weighted by molar-refractivity contribution is -0.145. The van der Waals surface area contributed by atoms with Gasteiger partial charge in [-0.2, -0.15) is 0 Å². The van der Waals surface area contributed by atoms with E-state index < -0.39 is 11.4 Å². The van der Waals surface area contributed by atoms with Gasteiger partial charge in [0.05, 0.1) is 5.41 Å². The molecule has 21 heavy (non-hydrogen) atoms. The van der Waals surface area contributed by atoms with Gasteiger partial charge in [-0.05, 0) is 29.9 Å². The first-order chi connectivity index (χ1) is 9.68. The van der Waals surface area contributed by atoms with Crippen molar-refractivity contribution in [2.45, 2.75) is 63.7 Å². The number of carbonyl (C=O) groups is 1. The molecule has 0 radical (unpaired) electrons. The molecule has 1 aromatic rings. The average molecular weight is 292 g/mol. The van der Waals surface area contributed by atoms with E-state index in [2.05, 4.69) is 0 Å². The lowest BCUT2D eigenvalue weighted by atomic mass is 9.68. The van der Waals surface area contributed by atoms with E-state index >= 15 is 0 Å². The number of aromatic hydroxyl groups is 2. The van der Waals surface area contributed by atoms with Gasteiger partial charge in [-0.1, -0.05) is 46.1 Å². The van der Waals surface area contributed by atoms with Crippen LogP contribution in [-0.4, -0.2) is 21.3 Å². The van der Waals surface area contributed by atoms with Crippen molar-refractivity contribution < 1.29 is 20.1 Å². The molecule has 0 unspecified atom stereocenters. The van der Waals surface area contributed by atoms with Crippen LogP contribution in [0.2, 0.25) is 0 Å². The molecule has 3 N–H and O–H groups in total. The van der Waals surface area contributed by atoms with Crippen LogP contribution in [0.4, 0.5) is 0 Å². The zero-order valence-corrected chi connectivity index (χ0v) is 12.9. The predicted molar refractivity (Wildman–Crippen MR) is 80.9 cm³/mol. The minimum Gasteiger partial charge on any atom is -0.504 e. The Morgan fingerprint density at radius 2 is 1.67 bits per heavy atom. The molecular formula is C17H24O4. The van der Waals surface area contributed by atoms with Gasteiger partial charge in [-0.25, -0.2) is 0 Å². The van der Waals surface area contributed by atoms with E-state index in [0.717, 1.165) is 24.8 Å². The van der Waals surface area contributed by atoms with Gasteiger partial charge in [0.25, 0.3) is 0 Å². The van der Waals surface area contributed by atoms with Crippen molar-refractivity contribution in [1.29, 1.82) is 0 Å². The number of hydrogen-bond donors (Lipinski definition) is 3. The topological polar surface area (TPSA) is 77.8 Å². The maximum absolute atomic E-state index is 11.9. The fraction of sp³-hybridized carbons (Fsp3) is 0.588. The molecule has 1 saturated carbocycles. The maximum atomic E-state index is 11.9. The third-order valence-corrected chi connectivity index (χ3v) is 4.59. The van der Waals surface area contributed by atoms with Crippen molar-refractivity contribution in [1.82, 2.24) is 0 Å². The van der Waals surface area contributed by atoms with Crippen LogP contribution in [0.25, 0.3) is 0 Å². The third kappa shape index (κ3) is 2.71. The average Bonchev–Trinajstić information content (AvgIpc) is 2.41. The number of phenols is 2. The quantitative estimate of drug-likeness (QED) is 0.727. The molecule has 0 heterocycles. The van der Waals surface area contributed by atoms with Crippen molar-refractivity contribution >= 4 is 5.97 Å². The second kappa shape index (κ2) is 5.24. The summed E-state index contributed by atoms with van der Waals surface area (Å²) in [6.45, 7) is 5.99. The number of carboxylic acid groups (broad SMARTS) is 1. The van der Waals surface area contributed by atoms with Gasteiger partial charge < -0.3 is 15.3 Å². The smallest absolute Gasteiger partial charge is 0.314 e. The Morgan fingerprint density at radius 3 is 2.14 bits per heavy atom. The molecule has 0 bridgehead atoms. The summed E-state index contributed by atoms with van der Waals surface area (Å²) in [6, 6.07) is 3.28. The minimum atomic E-state index is -1.08. The highest BCUT2D eigenvalue weighted by Gasteiger charge is 2.44. The van der Waals surface area contributed by atoms with E-state index in [1.54, 1.807) is 6.07 Å². The van der Waals surface area contributed by atoms with Crippen molar-refractivity contribution in [2.75, 3.05) is 0 Å². The molecule has 0 atom stereocenters. The molecular weight excluding hydrogens is 268 g/mol. The fourth-order valence-corrected chi connectivity index (χ4v) is 3.17. The Balaban J connectivity index is 2.65. The number of hydrogen-bond acceptors (Lipinski definition) is 3. The van der Waals surface area contributed by atoms with Crippen LogP contribution < -0.4 is 0 Å². The monoisotopic (exact) mass is 292 g/mol. The molecule has 0 aliphatic heterocycles. The Bertz CT molecular complexity index is 549. The molecule has 0 aromatic heterocycles. The standard InChI is InChI=1S/C17H24O4/c1-16(2,3)11-9-12(14(19)13(18)10-11)17(15(20)21)7-5-4-6-8-17/h9-10,18-19H,4-8H2,1-3H3,(H,20,21). The molecule has 1 aromatic carbocycles. The van der Waals surface area contributed by atoms with E-state index in [4.69, 9.17) is 0 Å². The van der Waals surface area contributed by atoms with E-state index in [9.17, 15) is 20.1 Å². The molecule has 0 saturated heterocycles. The van der Waals surface area contributed by atoms with Crippen molar-refractivity contribution in [3.05, 3.63) is 23.3 Å². The fourth-order valence-electron chi connectivity index (χ4n) is 3.17. The lowest BCUT2D eigenvalue weighted by Crippen LogP contribution is -2.38. The summed E-state index contributed by atoms with van der Waals surface area (Å²) >= 11 is 0. The highest BCUT2D eigenvalue weighted by Crippen LogP contribution is 2.47. The van der Waals surface area contributed by atoms with E-state index in [1.165, 1.54) is 6.07 Å². The molecule has 2 rings (SSSR count). The van der Waals surface area contributed by atoms with E-state index in [1.807, 2.05) is 20.8 Å². The summed E-state index contributed by atoms with van der Waals surface area (Å²) in [4.78, 5) is 11.9. The summed E-state index contributed by atoms with van der Waals surface area (Å²) in [7, 11) is 0. The Kier molecular flexibility index (Phi) is 3.91. The van der Waals surface area contributed by atoms with Crippen LogP contribution in [0.3, 0.4) is 0 Å². The first kappa shape index (κ1) is 15.7. The Hall–Kier alpha value is -1.71. The summed E-state index contributed by atoms with van der Waals surface area (Å²) in [5.41, 5.74) is -0.117. The number of benzene rings is 1. The SMILES string of the molecule is CC(C)(C)c1cc(O)c(O)c(C2(C(=O)O)CCCCC2)c1. The van der Waals surface area contributed by atoms with Crippen molar-refractivity contribution in [2.24, 2.45) is 0 Å². The zero-order chi connectivity index (χ0) is 15.8. The first-order valence-corrected chi connectivity index (χ1v) is 7.49. The van der Waals surface area contributed by atoms with Crippen LogP contribution in [0.1, 0.15) is 64.0 Å². The number of aliphatic carboxylic acids is 1. The van der Waals surface area contributed by atoms with Gasteiger partial charge in [0.2, 0.25) is 0 Å². The number of rotatable bonds is 2. The normalized spacial score (nSPS) is 18.4. The lowest BCUT2D eigenvalue weighted by Gasteiger charge is -2.35. The highest BCUT2D eigenvalue weighted by molar-refractivity contribution is 5.83. The minimum absolute atomic E-state index is 0.228. The van der Waals surface area contributed by atoms with Crippen molar-refractivity contribution in [3.8, 4) is 11.5 Å². The predicted octanol–water partition coefficient (Wildman–Crippen LogP) is 3.68. The highest BCUT2D eigenvalue weighted by atomic mass is 16.4. The second-order valence-electron chi connectivity index (χ2n) is 7.09. The number of carboxylic acids is 1. The summed E-state index contributed by atoms with van der Waals surface area (Å²) in [6.07, 6.45) is 3.67. The van der Waals surface area contributed by atoms with Gasteiger partial charge in [-0.15, -0.1) is 0 Å². The zero-order valence-electron chi connectivity index (χ0n) is 12.9. The van der Waals surface area contributed by atoms with Gasteiger partial charge in [0.1, 0.15) is 0 Å². The molecule has 116 valence electrons. The first-order valence-electron chi connectivity index (χ1n) is 7.49. The van der Waals surface area contributed by atoms with Gasteiger partial charge in [-0.3, -0.25) is 4.79 Å². The second-order valence-corrected chi connectivity index (χ2v) is 7.09. The van der Waals surface area contributed by atoms with Crippen LogP contribution in [0.5, 0.6) is 11.5 Å². The van der Waals surface area contributed by atoms with Crippen LogP contribution >= 0.6 is 0 Å². The van der Waals surface area contributed by atoms with Crippen LogP contribution in [0, 0.1) is 0 Å². The van der Waals surface area contributed by atoms with Crippen molar-refractivity contribution in [3.63, 3.8) is 0 Å². The van der Waals surface area contributed by atoms with Crippen LogP contribution in [0.15, 0.2) is 12.1 Å². The Morgan fingerprint density at radius 1 is 1.10 bits per heavy atom.